The summed E-state index contributed by atoms with van der Waals surface area (Å²) in [4.78, 5) is 0.0232. The summed E-state index contributed by atoms with van der Waals surface area (Å²) < 4.78 is 37.7. The number of hydrogen-bond donors (Lipinski definition) is 0. The lowest BCUT2D eigenvalue weighted by molar-refractivity contribution is 0.578. The average Bonchev–Trinajstić information content (AvgIpc) is 2.75. The first-order valence-corrected chi connectivity index (χ1v) is 5.97. The van der Waals surface area contributed by atoms with Crippen LogP contribution in [0.3, 0.4) is 0 Å². The average molecular weight is 240 g/mol. The zero-order valence-electron chi connectivity index (χ0n) is 8.46. The molecule has 1 aromatic heterocycles. The molecule has 0 amide bonds. The van der Waals surface area contributed by atoms with E-state index in [9.17, 15) is 12.8 Å². The summed E-state index contributed by atoms with van der Waals surface area (Å²) in [5.41, 5.74) is 0.285. The Morgan fingerprint density at radius 3 is 2.69 bits per heavy atom. The Kier molecular flexibility index (Phi) is 2.51. The number of rotatable bonds is 2. The molecule has 0 saturated carbocycles. The van der Waals surface area contributed by atoms with Crippen LogP contribution in [0.5, 0.6) is 0 Å². The van der Waals surface area contributed by atoms with Gasteiger partial charge in [0.05, 0.1) is 11.1 Å². The molecular weight excluding hydrogens is 231 g/mol. The highest BCUT2D eigenvalue weighted by Crippen LogP contribution is 2.16. The van der Waals surface area contributed by atoms with Crippen LogP contribution in [0.4, 0.5) is 4.39 Å². The van der Waals surface area contributed by atoms with Crippen molar-refractivity contribution in [3.8, 4) is 0 Å². The van der Waals surface area contributed by atoms with Gasteiger partial charge >= 0.3 is 0 Å². The van der Waals surface area contributed by atoms with Crippen molar-refractivity contribution in [2.75, 3.05) is 0 Å². The maximum Gasteiger partial charge on any atom is 0.282 e. The van der Waals surface area contributed by atoms with Crippen LogP contribution in [-0.2, 0) is 10.0 Å². The standard InChI is InChI=1S/C10H9FN2O2S/c1-8-7-9(3-4-10(8)11)16(14,15)13-6-2-5-12-13/h2-7H,1H3. The predicted octanol–water partition coefficient (Wildman–Crippen LogP) is 1.57. The van der Waals surface area contributed by atoms with Gasteiger partial charge in [0.25, 0.3) is 10.0 Å². The Bertz CT molecular complexity index is 606. The lowest BCUT2D eigenvalue weighted by atomic mass is 10.2. The van der Waals surface area contributed by atoms with Gasteiger partial charge in [-0.3, -0.25) is 0 Å². The Morgan fingerprint density at radius 2 is 2.12 bits per heavy atom. The molecule has 1 heterocycles. The molecule has 0 atom stereocenters. The molecule has 0 bridgehead atoms. The summed E-state index contributed by atoms with van der Waals surface area (Å²) in [6.07, 6.45) is 2.70. The second-order valence-corrected chi connectivity index (χ2v) is 5.09. The van der Waals surface area contributed by atoms with Crippen molar-refractivity contribution in [3.63, 3.8) is 0 Å². The van der Waals surface area contributed by atoms with Gasteiger partial charge in [0.1, 0.15) is 5.82 Å². The van der Waals surface area contributed by atoms with E-state index < -0.39 is 15.8 Å². The lowest BCUT2D eigenvalue weighted by Gasteiger charge is -2.05. The summed E-state index contributed by atoms with van der Waals surface area (Å²) >= 11 is 0. The third kappa shape index (κ3) is 1.71. The van der Waals surface area contributed by atoms with E-state index >= 15 is 0 Å². The number of hydrogen-bond acceptors (Lipinski definition) is 3. The van der Waals surface area contributed by atoms with Gasteiger partial charge in [-0.05, 0) is 36.8 Å². The van der Waals surface area contributed by atoms with E-state index in [1.807, 2.05) is 0 Å². The molecule has 0 aliphatic heterocycles. The summed E-state index contributed by atoms with van der Waals surface area (Å²) in [5.74, 6) is -0.431. The van der Waals surface area contributed by atoms with Crippen LogP contribution in [0.2, 0.25) is 0 Å². The normalized spacial score (nSPS) is 11.6. The number of aromatic nitrogens is 2. The first-order valence-electron chi connectivity index (χ1n) is 4.53. The fraction of sp³-hybridized carbons (Fsp3) is 0.100. The maximum absolute atomic E-state index is 13.0. The molecule has 0 unspecified atom stereocenters. The van der Waals surface area contributed by atoms with Crippen LogP contribution < -0.4 is 0 Å². The minimum atomic E-state index is -3.70. The van der Waals surface area contributed by atoms with Gasteiger partial charge in [-0.15, -0.1) is 0 Å². The Morgan fingerprint density at radius 1 is 1.38 bits per heavy atom. The predicted molar refractivity (Wildman–Crippen MR) is 55.9 cm³/mol. The van der Waals surface area contributed by atoms with E-state index in [-0.39, 0.29) is 10.5 Å². The van der Waals surface area contributed by atoms with E-state index in [4.69, 9.17) is 0 Å². The van der Waals surface area contributed by atoms with E-state index in [1.165, 1.54) is 37.5 Å². The SMILES string of the molecule is Cc1cc(S(=O)(=O)n2cccn2)ccc1F. The molecular formula is C10H9FN2O2S. The van der Waals surface area contributed by atoms with Gasteiger partial charge in [0.15, 0.2) is 0 Å². The highest BCUT2D eigenvalue weighted by Gasteiger charge is 2.17. The lowest BCUT2D eigenvalue weighted by Crippen LogP contribution is -2.13. The smallest absolute Gasteiger partial charge is 0.207 e. The van der Waals surface area contributed by atoms with Crippen LogP contribution in [-0.4, -0.2) is 17.6 Å². The van der Waals surface area contributed by atoms with Gasteiger partial charge in [0.2, 0.25) is 0 Å². The van der Waals surface area contributed by atoms with Crippen molar-refractivity contribution in [2.45, 2.75) is 11.8 Å². The molecule has 2 aromatic rings. The highest BCUT2D eigenvalue weighted by molar-refractivity contribution is 7.89. The number of nitrogens with zero attached hydrogens (tertiary/aromatic N) is 2. The van der Waals surface area contributed by atoms with Gasteiger partial charge in [-0.2, -0.15) is 17.6 Å². The summed E-state index contributed by atoms with van der Waals surface area (Å²) in [6.45, 7) is 1.51. The fourth-order valence-electron chi connectivity index (χ4n) is 1.28. The van der Waals surface area contributed by atoms with E-state index in [0.717, 1.165) is 10.2 Å². The van der Waals surface area contributed by atoms with Crippen molar-refractivity contribution in [2.24, 2.45) is 0 Å². The fourth-order valence-corrected chi connectivity index (χ4v) is 2.47. The Hall–Kier alpha value is -1.69. The molecule has 0 radical (unpaired) electrons. The summed E-state index contributed by atoms with van der Waals surface area (Å²) in [7, 11) is -3.70. The highest BCUT2D eigenvalue weighted by atomic mass is 32.2. The largest absolute Gasteiger partial charge is 0.282 e. The van der Waals surface area contributed by atoms with Gasteiger partial charge in [-0.1, -0.05) is 0 Å². The number of benzene rings is 1. The third-order valence-electron chi connectivity index (χ3n) is 2.15. The molecule has 0 fully saturated rings. The van der Waals surface area contributed by atoms with Crippen LogP contribution in [0.15, 0.2) is 41.6 Å². The summed E-state index contributed by atoms with van der Waals surface area (Å²) in [6, 6.07) is 5.14. The number of halogens is 1. The van der Waals surface area contributed by atoms with E-state index in [1.54, 1.807) is 0 Å². The molecule has 0 aliphatic rings. The van der Waals surface area contributed by atoms with Crippen LogP contribution >= 0.6 is 0 Å². The minimum Gasteiger partial charge on any atom is -0.207 e. The van der Waals surface area contributed by atoms with Crippen molar-refractivity contribution in [3.05, 3.63) is 48.0 Å². The molecule has 16 heavy (non-hydrogen) atoms. The van der Waals surface area contributed by atoms with Crippen LogP contribution in [0, 0.1) is 12.7 Å². The minimum absolute atomic E-state index is 0.0232. The molecule has 0 spiro atoms. The molecule has 0 aliphatic carbocycles. The van der Waals surface area contributed by atoms with E-state index in [0.29, 0.717) is 0 Å². The van der Waals surface area contributed by atoms with Crippen molar-refractivity contribution < 1.29 is 12.8 Å². The second kappa shape index (κ2) is 3.71. The van der Waals surface area contributed by atoms with Crippen molar-refractivity contribution >= 4 is 10.0 Å². The molecule has 1 aromatic carbocycles. The van der Waals surface area contributed by atoms with Gasteiger partial charge in [-0.25, -0.2) is 4.39 Å². The second-order valence-electron chi connectivity index (χ2n) is 3.29. The van der Waals surface area contributed by atoms with Crippen LogP contribution in [0.1, 0.15) is 5.56 Å². The van der Waals surface area contributed by atoms with Crippen LogP contribution in [0.25, 0.3) is 0 Å². The molecule has 2 rings (SSSR count). The topological polar surface area (TPSA) is 52.0 Å². The number of aryl methyl sites for hydroxylation is 1. The van der Waals surface area contributed by atoms with Gasteiger partial charge < -0.3 is 0 Å². The summed E-state index contributed by atoms with van der Waals surface area (Å²) in [5, 5.41) is 3.65. The monoisotopic (exact) mass is 240 g/mol. The van der Waals surface area contributed by atoms with E-state index in [2.05, 4.69) is 5.10 Å². The van der Waals surface area contributed by atoms with Crippen molar-refractivity contribution in [1.29, 1.82) is 0 Å². The molecule has 84 valence electrons. The first-order chi connectivity index (χ1) is 7.51. The Balaban J connectivity index is 2.57. The molecule has 0 N–H and O–H groups in total. The molecule has 4 nitrogen and oxygen atoms in total. The third-order valence-corrected chi connectivity index (χ3v) is 3.71. The zero-order chi connectivity index (χ0) is 11.8. The Labute approximate surface area is 92.4 Å². The first kappa shape index (κ1) is 10.8. The van der Waals surface area contributed by atoms with Crippen molar-refractivity contribution in [1.82, 2.24) is 9.19 Å². The molecule has 6 heteroatoms. The van der Waals surface area contributed by atoms with Gasteiger partial charge in [0, 0.05) is 6.20 Å². The quantitative estimate of drug-likeness (QED) is 0.800. The molecule has 0 saturated heterocycles. The zero-order valence-corrected chi connectivity index (χ0v) is 9.28. The maximum atomic E-state index is 13.0.